The third kappa shape index (κ3) is 5.18. The van der Waals surface area contributed by atoms with Gasteiger partial charge in [0.25, 0.3) is 0 Å². The molecule has 3 atom stereocenters. The van der Waals surface area contributed by atoms with Crippen molar-refractivity contribution >= 4 is 27.8 Å². The number of para-hydroxylation sites is 1. The lowest BCUT2D eigenvalue weighted by molar-refractivity contribution is 0.420. The summed E-state index contributed by atoms with van der Waals surface area (Å²) in [5.41, 5.74) is 15.0. The molecular weight excluding hydrogens is 615 g/mol. The fraction of sp³-hybridized carbons (Fsp3) is 0.320. The number of anilines is 3. The molecule has 6 aromatic carbocycles. The smallest absolute Gasteiger partial charge is 0.0496 e. The highest BCUT2D eigenvalue weighted by Gasteiger charge is 2.41. The quantitative estimate of drug-likeness (QED) is 0.171. The topological polar surface area (TPSA) is 3.24 Å². The molecule has 2 bridgehead atoms. The van der Waals surface area contributed by atoms with Crippen molar-refractivity contribution in [3.63, 3.8) is 0 Å². The number of benzene rings is 6. The van der Waals surface area contributed by atoms with Gasteiger partial charge in [-0.05, 0) is 147 Å². The van der Waals surface area contributed by atoms with Gasteiger partial charge >= 0.3 is 0 Å². The average Bonchev–Trinajstić information content (AvgIpc) is 3.88. The van der Waals surface area contributed by atoms with Gasteiger partial charge < -0.3 is 4.90 Å². The summed E-state index contributed by atoms with van der Waals surface area (Å²) in [6, 6.07) is 49.2. The Hall–Kier alpha value is -4.62. The summed E-state index contributed by atoms with van der Waals surface area (Å²) in [4.78, 5) is 2.62. The van der Waals surface area contributed by atoms with Gasteiger partial charge in [-0.3, -0.25) is 0 Å². The molecule has 0 N–H and O–H groups in total. The lowest BCUT2D eigenvalue weighted by Gasteiger charge is -2.33. The first-order chi connectivity index (χ1) is 25.0. The number of nitrogens with zero attached hydrogens (tertiary/aromatic N) is 1. The van der Waals surface area contributed by atoms with E-state index in [9.17, 15) is 0 Å². The first-order valence-electron chi connectivity index (χ1n) is 19.8. The molecule has 3 saturated carbocycles. The molecule has 254 valence electrons. The van der Waals surface area contributed by atoms with Gasteiger partial charge in [0.2, 0.25) is 0 Å². The molecule has 0 spiro atoms. The van der Waals surface area contributed by atoms with Crippen molar-refractivity contribution in [3.05, 3.63) is 150 Å². The molecule has 3 unspecified atom stereocenters. The Morgan fingerprint density at radius 1 is 0.569 bits per heavy atom. The maximum Gasteiger partial charge on any atom is 0.0496 e. The number of fused-ring (bicyclic) bond motifs is 6. The Morgan fingerprint density at radius 3 is 2.14 bits per heavy atom. The second-order valence-electron chi connectivity index (χ2n) is 16.8. The van der Waals surface area contributed by atoms with Crippen LogP contribution in [-0.4, -0.2) is 0 Å². The van der Waals surface area contributed by atoms with Crippen LogP contribution < -0.4 is 4.90 Å². The van der Waals surface area contributed by atoms with Gasteiger partial charge in [0.15, 0.2) is 0 Å². The molecule has 10 rings (SSSR count). The van der Waals surface area contributed by atoms with Crippen LogP contribution in [0.3, 0.4) is 0 Å². The van der Waals surface area contributed by atoms with Crippen molar-refractivity contribution in [1.29, 1.82) is 0 Å². The standard InChI is InChI=1S/C50H49N/c1-50(2)46-18-10-8-17-43(46)49-45(39-23-22-34-12-6-7-15-37(34)30-39)31-41(32-47(49)50)51(48-19-11-9-16-42(48)35-13-4-3-5-14-35)40-26-24-36(25-27-40)44-29-33-20-21-38(44)28-33/h6-12,15-19,22-27,30-33,35,38,44H,3-5,13-14,20-21,28-29H2,1-2H3. The minimum absolute atomic E-state index is 0.117. The molecule has 3 fully saturated rings. The Labute approximate surface area is 304 Å². The van der Waals surface area contributed by atoms with Gasteiger partial charge in [-0.1, -0.05) is 131 Å². The lowest BCUT2D eigenvalue weighted by Crippen LogP contribution is -2.18. The molecule has 0 radical (unpaired) electrons. The number of hydrogen-bond acceptors (Lipinski definition) is 1. The molecule has 4 aliphatic carbocycles. The fourth-order valence-corrected chi connectivity index (χ4v) is 10.9. The largest absolute Gasteiger partial charge is 0.310 e. The van der Waals surface area contributed by atoms with E-state index in [1.165, 1.54) is 125 Å². The van der Waals surface area contributed by atoms with Crippen LogP contribution in [-0.2, 0) is 5.41 Å². The van der Waals surface area contributed by atoms with Gasteiger partial charge in [-0.2, -0.15) is 0 Å². The van der Waals surface area contributed by atoms with Crippen LogP contribution in [0.4, 0.5) is 17.1 Å². The molecule has 0 amide bonds. The van der Waals surface area contributed by atoms with Crippen molar-refractivity contribution in [3.8, 4) is 22.3 Å². The summed E-state index contributed by atoms with van der Waals surface area (Å²) < 4.78 is 0. The summed E-state index contributed by atoms with van der Waals surface area (Å²) >= 11 is 0. The van der Waals surface area contributed by atoms with Crippen molar-refractivity contribution < 1.29 is 0 Å². The molecule has 1 heteroatoms. The summed E-state index contributed by atoms with van der Waals surface area (Å²) in [5, 5.41) is 2.57. The van der Waals surface area contributed by atoms with Gasteiger partial charge in [0.05, 0.1) is 0 Å². The van der Waals surface area contributed by atoms with Crippen LogP contribution in [0.1, 0.15) is 106 Å². The molecule has 1 nitrogen and oxygen atoms in total. The molecule has 51 heavy (non-hydrogen) atoms. The maximum absolute atomic E-state index is 2.62. The number of hydrogen-bond donors (Lipinski definition) is 0. The van der Waals surface area contributed by atoms with E-state index in [2.05, 4.69) is 146 Å². The van der Waals surface area contributed by atoms with Crippen molar-refractivity contribution in [2.24, 2.45) is 11.8 Å². The predicted molar refractivity (Wildman–Crippen MR) is 216 cm³/mol. The zero-order valence-electron chi connectivity index (χ0n) is 30.2. The molecular formula is C50H49N. The van der Waals surface area contributed by atoms with Crippen LogP contribution in [0.5, 0.6) is 0 Å². The first kappa shape index (κ1) is 31.1. The zero-order valence-corrected chi connectivity index (χ0v) is 30.2. The Kier molecular flexibility index (Phi) is 7.49. The fourth-order valence-electron chi connectivity index (χ4n) is 10.9. The molecule has 0 aromatic heterocycles. The first-order valence-corrected chi connectivity index (χ1v) is 19.8. The highest BCUT2D eigenvalue weighted by molar-refractivity contribution is 5.98. The van der Waals surface area contributed by atoms with Gasteiger partial charge in [0.1, 0.15) is 0 Å². The molecule has 6 aromatic rings. The van der Waals surface area contributed by atoms with E-state index in [-0.39, 0.29) is 5.41 Å². The van der Waals surface area contributed by atoms with Crippen molar-refractivity contribution in [1.82, 2.24) is 0 Å². The van der Waals surface area contributed by atoms with E-state index < -0.39 is 0 Å². The molecule has 0 aliphatic heterocycles. The van der Waals surface area contributed by atoms with Crippen LogP contribution >= 0.6 is 0 Å². The molecule has 4 aliphatic rings. The van der Waals surface area contributed by atoms with E-state index in [0.717, 1.165) is 17.8 Å². The van der Waals surface area contributed by atoms with Crippen molar-refractivity contribution in [2.45, 2.75) is 88.9 Å². The van der Waals surface area contributed by atoms with E-state index in [4.69, 9.17) is 0 Å². The Bertz CT molecular complexity index is 2250. The highest BCUT2D eigenvalue weighted by Crippen LogP contribution is 2.56. The summed E-state index contributed by atoms with van der Waals surface area (Å²) in [6.45, 7) is 4.85. The van der Waals surface area contributed by atoms with Gasteiger partial charge in [-0.25, -0.2) is 0 Å². The third-order valence-electron chi connectivity index (χ3n) is 13.5. The summed E-state index contributed by atoms with van der Waals surface area (Å²) in [5.74, 6) is 3.17. The summed E-state index contributed by atoms with van der Waals surface area (Å²) in [6.07, 6.45) is 12.3. The second kappa shape index (κ2) is 12.3. The predicted octanol–water partition coefficient (Wildman–Crippen LogP) is 14.2. The maximum atomic E-state index is 2.62. The molecule has 0 saturated heterocycles. The summed E-state index contributed by atoms with van der Waals surface area (Å²) in [7, 11) is 0. The Balaban J connectivity index is 1.19. The monoisotopic (exact) mass is 663 g/mol. The van der Waals surface area contributed by atoms with Crippen LogP contribution in [0.2, 0.25) is 0 Å². The van der Waals surface area contributed by atoms with E-state index in [0.29, 0.717) is 5.92 Å². The van der Waals surface area contributed by atoms with E-state index in [1.807, 2.05) is 0 Å². The van der Waals surface area contributed by atoms with Crippen molar-refractivity contribution in [2.75, 3.05) is 4.90 Å². The number of rotatable bonds is 6. The lowest BCUT2D eigenvalue weighted by atomic mass is 9.81. The highest BCUT2D eigenvalue weighted by atomic mass is 15.1. The van der Waals surface area contributed by atoms with Crippen LogP contribution in [0.15, 0.2) is 127 Å². The second-order valence-corrected chi connectivity index (χ2v) is 16.8. The Morgan fingerprint density at radius 2 is 1.33 bits per heavy atom. The minimum atomic E-state index is -0.117. The van der Waals surface area contributed by atoms with Crippen LogP contribution in [0, 0.1) is 11.8 Å². The minimum Gasteiger partial charge on any atom is -0.310 e. The van der Waals surface area contributed by atoms with E-state index in [1.54, 1.807) is 5.56 Å². The van der Waals surface area contributed by atoms with E-state index >= 15 is 0 Å². The van der Waals surface area contributed by atoms with Crippen LogP contribution in [0.25, 0.3) is 33.0 Å². The average molecular weight is 664 g/mol. The zero-order chi connectivity index (χ0) is 34.1. The third-order valence-corrected chi connectivity index (χ3v) is 13.5. The van der Waals surface area contributed by atoms with Gasteiger partial charge in [0, 0.05) is 22.5 Å². The van der Waals surface area contributed by atoms with Gasteiger partial charge in [-0.15, -0.1) is 0 Å². The SMILES string of the molecule is CC1(C)c2ccccc2-c2c(-c3ccc4ccccc4c3)cc(N(c3ccc(C4CC5CCC4C5)cc3)c3ccccc3C3CCCCC3)cc21. The normalized spacial score (nSPS) is 21.9. The molecule has 0 heterocycles.